The molecule has 27 heavy (non-hydrogen) atoms. The predicted molar refractivity (Wildman–Crippen MR) is 102 cm³/mol. The number of piperidine rings is 3. The van der Waals surface area contributed by atoms with Crippen molar-refractivity contribution in [2.75, 3.05) is 19.6 Å². The van der Waals surface area contributed by atoms with Gasteiger partial charge in [-0.1, -0.05) is 29.8 Å². The van der Waals surface area contributed by atoms with Gasteiger partial charge in [0.15, 0.2) is 0 Å². The summed E-state index contributed by atoms with van der Waals surface area (Å²) in [6.45, 7) is 5.66. The van der Waals surface area contributed by atoms with Crippen LogP contribution in [0.25, 0.3) is 11.3 Å². The highest BCUT2D eigenvalue weighted by Crippen LogP contribution is 2.31. The van der Waals surface area contributed by atoms with Crippen LogP contribution in [0.5, 0.6) is 5.75 Å². The Balaban J connectivity index is 0.000000376. The van der Waals surface area contributed by atoms with Gasteiger partial charge in [0.25, 0.3) is 0 Å². The molecule has 3 aliphatic heterocycles. The summed E-state index contributed by atoms with van der Waals surface area (Å²) < 4.78 is 15.1. The molecule has 3 aliphatic rings. The molecule has 7 nitrogen and oxygen atoms in total. The van der Waals surface area contributed by atoms with Crippen LogP contribution in [0.3, 0.4) is 0 Å². The normalized spacial score (nSPS) is 24.1. The number of ether oxygens (including phenoxy) is 1. The molecule has 0 unspecified atom stereocenters. The molecule has 0 radical (unpaired) electrons. The molecule has 0 aliphatic carbocycles. The standard InChI is InChI=1S/C19H22N2O.H3O4P/c1-14-2-4-15(5-3-14)18-7-6-17(12-20-18)22-19-13-21-10-8-16(19)9-11-21;1-5(2,3)4/h2-7,12,16,19H,8-11,13H2,1H3;(H3,1,2,3,4)/t19-;/m0./s1. The summed E-state index contributed by atoms with van der Waals surface area (Å²) in [5, 5.41) is 0. The number of benzene rings is 1. The van der Waals surface area contributed by atoms with Gasteiger partial charge in [-0.05, 0) is 50.9 Å². The molecule has 8 heteroatoms. The molecule has 5 rings (SSSR count). The van der Waals surface area contributed by atoms with E-state index in [-0.39, 0.29) is 0 Å². The molecule has 0 saturated carbocycles. The van der Waals surface area contributed by atoms with Gasteiger partial charge in [-0.25, -0.2) is 4.57 Å². The summed E-state index contributed by atoms with van der Waals surface area (Å²) in [4.78, 5) is 28.6. The number of hydrogen-bond acceptors (Lipinski definition) is 4. The molecule has 0 spiro atoms. The van der Waals surface area contributed by atoms with Crippen molar-refractivity contribution < 1.29 is 24.0 Å². The summed E-state index contributed by atoms with van der Waals surface area (Å²) in [6.07, 6.45) is 4.76. The van der Waals surface area contributed by atoms with E-state index < -0.39 is 7.82 Å². The number of aryl methyl sites for hydroxylation is 1. The van der Waals surface area contributed by atoms with E-state index >= 15 is 0 Å². The van der Waals surface area contributed by atoms with Crippen LogP contribution in [-0.4, -0.2) is 50.3 Å². The fourth-order valence-electron chi connectivity index (χ4n) is 3.56. The lowest BCUT2D eigenvalue weighted by atomic mass is 9.86. The molecule has 2 aromatic rings. The second-order valence-electron chi connectivity index (χ2n) is 7.05. The second kappa shape index (κ2) is 8.50. The van der Waals surface area contributed by atoms with Crippen LogP contribution in [0.1, 0.15) is 18.4 Å². The molecule has 146 valence electrons. The maximum absolute atomic E-state index is 8.88. The monoisotopic (exact) mass is 392 g/mol. The fraction of sp³-hybridized carbons (Fsp3) is 0.421. The molecule has 3 fully saturated rings. The number of nitrogens with zero attached hydrogens (tertiary/aromatic N) is 2. The Labute approximate surface area is 158 Å². The van der Waals surface area contributed by atoms with E-state index in [9.17, 15) is 0 Å². The smallest absolute Gasteiger partial charge is 0.466 e. The Morgan fingerprint density at radius 2 is 1.70 bits per heavy atom. The van der Waals surface area contributed by atoms with Crippen molar-refractivity contribution in [2.24, 2.45) is 5.92 Å². The average Bonchev–Trinajstić information content (AvgIpc) is 2.63. The maximum Gasteiger partial charge on any atom is 0.466 e. The van der Waals surface area contributed by atoms with Crippen LogP contribution in [-0.2, 0) is 4.57 Å². The minimum atomic E-state index is -4.64. The third kappa shape index (κ3) is 6.13. The number of hydrogen-bond donors (Lipinski definition) is 3. The van der Waals surface area contributed by atoms with Crippen LogP contribution in [0.15, 0.2) is 42.6 Å². The average molecular weight is 392 g/mol. The Kier molecular flexibility index (Phi) is 6.29. The van der Waals surface area contributed by atoms with Crippen molar-refractivity contribution in [1.82, 2.24) is 9.88 Å². The highest BCUT2D eigenvalue weighted by atomic mass is 31.2. The van der Waals surface area contributed by atoms with Crippen LogP contribution >= 0.6 is 7.82 Å². The maximum atomic E-state index is 8.88. The number of pyridine rings is 1. The number of aromatic nitrogens is 1. The first-order valence-corrected chi connectivity index (χ1v) is 10.5. The molecule has 1 aromatic carbocycles. The van der Waals surface area contributed by atoms with Crippen molar-refractivity contribution in [1.29, 1.82) is 0 Å². The molecule has 3 saturated heterocycles. The first kappa shape index (κ1) is 20.0. The minimum Gasteiger partial charge on any atom is -0.487 e. The first-order chi connectivity index (χ1) is 12.8. The zero-order valence-corrected chi connectivity index (χ0v) is 16.1. The number of fused-ring (bicyclic) bond motifs is 3. The second-order valence-corrected chi connectivity index (χ2v) is 8.08. The highest BCUT2D eigenvalue weighted by molar-refractivity contribution is 7.45. The van der Waals surface area contributed by atoms with E-state index in [0.29, 0.717) is 6.10 Å². The predicted octanol–water partition coefficient (Wildman–Crippen LogP) is 2.60. The van der Waals surface area contributed by atoms with Crippen molar-refractivity contribution >= 4 is 7.82 Å². The Morgan fingerprint density at radius 1 is 1.07 bits per heavy atom. The third-order valence-corrected chi connectivity index (χ3v) is 4.97. The number of rotatable bonds is 3. The van der Waals surface area contributed by atoms with E-state index in [1.807, 2.05) is 6.20 Å². The van der Waals surface area contributed by atoms with Gasteiger partial charge in [0.05, 0.1) is 11.9 Å². The molecule has 4 heterocycles. The van der Waals surface area contributed by atoms with Crippen LogP contribution in [0.4, 0.5) is 0 Å². The van der Waals surface area contributed by atoms with E-state index in [2.05, 4.69) is 53.2 Å². The summed E-state index contributed by atoms with van der Waals surface area (Å²) in [5.74, 6) is 1.62. The lowest BCUT2D eigenvalue weighted by molar-refractivity contribution is -0.00791. The molecule has 1 aromatic heterocycles. The molecular weight excluding hydrogens is 367 g/mol. The summed E-state index contributed by atoms with van der Waals surface area (Å²) in [5.41, 5.74) is 3.42. The summed E-state index contributed by atoms with van der Waals surface area (Å²) in [6, 6.07) is 12.6. The summed E-state index contributed by atoms with van der Waals surface area (Å²) in [7, 11) is -4.64. The quantitative estimate of drug-likeness (QED) is 0.690. The van der Waals surface area contributed by atoms with Crippen molar-refractivity contribution in [3.63, 3.8) is 0 Å². The van der Waals surface area contributed by atoms with E-state index in [4.69, 9.17) is 24.0 Å². The van der Waals surface area contributed by atoms with Crippen molar-refractivity contribution in [2.45, 2.75) is 25.9 Å². The van der Waals surface area contributed by atoms with Gasteiger partial charge in [-0.3, -0.25) is 9.88 Å². The number of phosphoric acid groups is 1. The lowest BCUT2D eigenvalue weighted by Gasteiger charge is -2.44. The minimum absolute atomic E-state index is 0.342. The van der Waals surface area contributed by atoms with Gasteiger partial charge in [-0.2, -0.15) is 0 Å². The third-order valence-electron chi connectivity index (χ3n) is 4.97. The first-order valence-electron chi connectivity index (χ1n) is 8.98. The Bertz CT molecular complexity index is 774. The van der Waals surface area contributed by atoms with Crippen LogP contribution in [0, 0.1) is 12.8 Å². The van der Waals surface area contributed by atoms with E-state index in [1.54, 1.807) is 0 Å². The SMILES string of the molecule is Cc1ccc(-c2ccc(O[C@H]3CN4CCC3CC4)cn2)cc1.O=P(O)(O)O. The molecule has 3 N–H and O–H groups in total. The van der Waals surface area contributed by atoms with E-state index in [0.717, 1.165) is 29.5 Å². The van der Waals surface area contributed by atoms with Gasteiger partial charge in [0.1, 0.15) is 11.9 Å². The van der Waals surface area contributed by atoms with Crippen LogP contribution < -0.4 is 4.74 Å². The van der Waals surface area contributed by atoms with Gasteiger partial charge in [0, 0.05) is 12.1 Å². The molecular formula is C19H25N2O5P. The Morgan fingerprint density at radius 3 is 2.19 bits per heavy atom. The van der Waals surface area contributed by atoms with Gasteiger partial charge in [0.2, 0.25) is 0 Å². The fourth-order valence-corrected chi connectivity index (χ4v) is 3.56. The topological polar surface area (TPSA) is 103 Å². The van der Waals surface area contributed by atoms with Gasteiger partial charge < -0.3 is 19.4 Å². The lowest BCUT2D eigenvalue weighted by Crippen LogP contribution is -2.52. The molecule has 0 amide bonds. The zero-order chi connectivity index (χ0) is 19.4. The van der Waals surface area contributed by atoms with Crippen LogP contribution in [0.2, 0.25) is 0 Å². The zero-order valence-electron chi connectivity index (χ0n) is 15.2. The Hall–Kier alpha value is -1.76. The van der Waals surface area contributed by atoms with Gasteiger partial charge >= 0.3 is 7.82 Å². The summed E-state index contributed by atoms with van der Waals surface area (Å²) >= 11 is 0. The van der Waals surface area contributed by atoms with Gasteiger partial charge in [-0.15, -0.1) is 0 Å². The molecule has 1 atom stereocenters. The van der Waals surface area contributed by atoms with E-state index in [1.165, 1.54) is 31.5 Å². The van der Waals surface area contributed by atoms with Crippen molar-refractivity contribution in [3.05, 3.63) is 48.2 Å². The highest BCUT2D eigenvalue weighted by Gasteiger charge is 2.35. The largest absolute Gasteiger partial charge is 0.487 e. The van der Waals surface area contributed by atoms with Crippen molar-refractivity contribution in [3.8, 4) is 17.0 Å². The molecule has 2 bridgehead atoms.